The Hall–Kier alpha value is -0.160. The molecule has 98 valence electrons. The van der Waals surface area contributed by atoms with Crippen molar-refractivity contribution in [2.24, 2.45) is 5.73 Å². The Kier molecular flexibility index (Phi) is 9.92. The molecule has 0 aliphatic rings. The third kappa shape index (κ3) is 7.17. The van der Waals surface area contributed by atoms with Gasteiger partial charge in [0.05, 0.1) is 13.2 Å². The maximum Gasteiger partial charge on any atom is 0.0615 e. The van der Waals surface area contributed by atoms with Crippen LogP contribution in [0.1, 0.15) is 26.7 Å². The van der Waals surface area contributed by atoms with Crippen molar-refractivity contribution < 1.29 is 9.47 Å². The van der Waals surface area contributed by atoms with Crippen molar-refractivity contribution in [2.45, 2.75) is 38.8 Å². The van der Waals surface area contributed by atoms with E-state index < -0.39 is 0 Å². The van der Waals surface area contributed by atoms with E-state index in [2.05, 4.69) is 18.7 Å². The minimum absolute atomic E-state index is 0.305. The first-order chi connectivity index (χ1) is 7.65. The number of methoxy groups -OCH3 is 2. The van der Waals surface area contributed by atoms with Crippen molar-refractivity contribution in [3.05, 3.63) is 0 Å². The summed E-state index contributed by atoms with van der Waals surface area (Å²) in [4.78, 5) is 2.38. The molecule has 0 saturated heterocycles. The average molecular weight is 232 g/mol. The molecule has 0 aromatic heterocycles. The van der Waals surface area contributed by atoms with Crippen LogP contribution >= 0.6 is 0 Å². The highest BCUT2D eigenvalue weighted by atomic mass is 16.5. The lowest BCUT2D eigenvalue weighted by Gasteiger charge is -2.29. The van der Waals surface area contributed by atoms with Gasteiger partial charge in [0.15, 0.2) is 0 Å². The van der Waals surface area contributed by atoms with E-state index in [1.54, 1.807) is 14.2 Å². The van der Waals surface area contributed by atoms with Gasteiger partial charge in [0.1, 0.15) is 0 Å². The summed E-state index contributed by atoms with van der Waals surface area (Å²) in [5, 5.41) is 0. The maximum atomic E-state index is 5.93. The zero-order valence-electron chi connectivity index (χ0n) is 11.2. The van der Waals surface area contributed by atoms with E-state index in [0.717, 1.165) is 39.1 Å². The van der Waals surface area contributed by atoms with Crippen molar-refractivity contribution in [3.8, 4) is 0 Å². The molecule has 4 nitrogen and oxygen atoms in total. The normalized spacial score (nSPS) is 15.4. The molecule has 0 bridgehead atoms. The van der Waals surface area contributed by atoms with Gasteiger partial charge in [-0.2, -0.15) is 0 Å². The number of ether oxygens (including phenoxy) is 2. The van der Waals surface area contributed by atoms with Gasteiger partial charge in [-0.05, 0) is 19.8 Å². The van der Waals surface area contributed by atoms with Crippen LogP contribution in [0, 0.1) is 0 Å². The molecule has 0 spiro atoms. The van der Waals surface area contributed by atoms with Crippen LogP contribution in [0.4, 0.5) is 0 Å². The van der Waals surface area contributed by atoms with Crippen LogP contribution in [0.2, 0.25) is 0 Å². The standard InChI is InChI=1S/C12H28N2O2/c1-5-12(13)6-7-14(8-9-15-3)11(2)10-16-4/h11-12H,5-10,13H2,1-4H3. The lowest BCUT2D eigenvalue weighted by Crippen LogP contribution is -2.41. The monoisotopic (exact) mass is 232 g/mol. The summed E-state index contributed by atoms with van der Waals surface area (Å²) in [6.45, 7) is 7.78. The van der Waals surface area contributed by atoms with Crippen LogP contribution in [0.5, 0.6) is 0 Å². The Morgan fingerprint density at radius 1 is 1.19 bits per heavy atom. The first kappa shape index (κ1) is 15.8. The molecule has 2 atom stereocenters. The number of hydrogen-bond donors (Lipinski definition) is 1. The predicted octanol–water partition coefficient (Wildman–Crippen LogP) is 1.10. The van der Waals surface area contributed by atoms with E-state index in [1.165, 1.54) is 0 Å². The largest absolute Gasteiger partial charge is 0.383 e. The number of hydrogen-bond acceptors (Lipinski definition) is 4. The molecular weight excluding hydrogens is 204 g/mol. The Balaban J connectivity index is 3.98. The van der Waals surface area contributed by atoms with Crippen LogP contribution in [-0.2, 0) is 9.47 Å². The lowest BCUT2D eigenvalue weighted by atomic mass is 10.1. The molecule has 0 saturated carbocycles. The van der Waals surface area contributed by atoms with Crippen molar-refractivity contribution in [1.29, 1.82) is 0 Å². The fourth-order valence-corrected chi connectivity index (χ4v) is 1.64. The van der Waals surface area contributed by atoms with Crippen molar-refractivity contribution in [2.75, 3.05) is 40.5 Å². The van der Waals surface area contributed by atoms with Crippen molar-refractivity contribution in [3.63, 3.8) is 0 Å². The summed E-state index contributed by atoms with van der Waals surface area (Å²) in [6.07, 6.45) is 2.07. The summed E-state index contributed by atoms with van der Waals surface area (Å²) in [5.74, 6) is 0. The van der Waals surface area contributed by atoms with Gasteiger partial charge in [0.25, 0.3) is 0 Å². The highest BCUT2D eigenvalue weighted by Crippen LogP contribution is 2.03. The molecule has 0 fully saturated rings. The molecule has 16 heavy (non-hydrogen) atoms. The quantitative estimate of drug-likeness (QED) is 0.613. The molecule has 0 amide bonds. The number of nitrogens with two attached hydrogens (primary N) is 1. The molecule has 0 aromatic carbocycles. The number of nitrogens with zero attached hydrogens (tertiary/aromatic N) is 1. The summed E-state index contributed by atoms with van der Waals surface area (Å²) in [7, 11) is 3.47. The molecule has 0 aliphatic heterocycles. The Morgan fingerprint density at radius 3 is 2.38 bits per heavy atom. The smallest absolute Gasteiger partial charge is 0.0615 e. The minimum Gasteiger partial charge on any atom is -0.383 e. The van der Waals surface area contributed by atoms with E-state index in [4.69, 9.17) is 15.2 Å². The molecule has 2 unspecified atom stereocenters. The van der Waals surface area contributed by atoms with Gasteiger partial charge in [-0.15, -0.1) is 0 Å². The Morgan fingerprint density at radius 2 is 1.88 bits per heavy atom. The van der Waals surface area contributed by atoms with Gasteiger partial charge >= 0.3 is 0 Å². The SMILES string of the molecule is CCC(N)CCN(CCOC)C(C)COC. The second-order valence-electron chi connectivity index (χ2n) is 4.29. The summed E-state index contributed by atoms with van der Waals surface area (Å²) in [5.41, 5.74) is 5.93. The van der Waals surface area contributed by atoms with E-state index in [9.17, 15) is 0 Å². The summed E-state index contributed by atoms with van der Waals surface area (Å²) < 4.78 is 10.3. The molecule has 0 aromatic rings. The Bertz CT molecular complexity index is 156. The minimum atomic E-state index is 0.305. The second kappa shape index (κ2) is 10.0. The van der Waals surface area contributed by atoms with Gasteiger partial charge < -0.3 is 15.2 Å². The van der Waals surface area contributed by atoms with Gasteiger partial charge in [-0.3, -0.25) is 4.90 Å². The zero-order valence-corrected chi connectivity index (χ0v) is 11.2. The fourth-order valence-electron chi connectivity index (χ4n) is 1.64. The molecule has 0 rings (SSSR count). The first-order valence-corrected chi connectivity index (χ1v) is 6.13. The molecule has 0 heterocycles. The average Bonchev–Trinajstić information content (AvgIpc) is 2.29. The lowest BCUT2D eigenvalue weighted by molar-refractivity contribution is 0.0731. The van der Waals surface area contributed by atoms with Crippen LogP contribution in [0.15, 0.2) is 0 Å². The second-order valence-corrected chi connectivity index (χ2v) is 4.29. The van der Waals surface area contributed by atoms with Crippen LogP contribution in [0.25, 0.3) is 0 Å². The van der Waals surface area contributed by atoms with Crippen LogP contribution < -0.4 is 5.73 Å². The summed E-state index contributed by atoms with van der Waals surface area (Å²) >= 11 is 0. The summed E-state index contributed by atoms with van der Waals surface area (Å²) in [6, 6.07) is 0.726. The molecule has 4 heteroatoms. The maximum absolute atomic E-state index is 5.93. The van der Waals surface area contributed by atoms with E-state index in [-0.39, 0.29) is 0 Å². The third-order valence-electron chi connectivity index (χ3n) is 2.93. The Labute approximate surface area is 100 Å². The number of rotatable bonds is 10. The highest BCUT2D eigenvalue weighted by Gasteiger charge is 2.14. The highest BCUT2D eigenvalue weighted by molar-refractivity contribution is 4.70. The third-order valence-corrected chi connectivity index (χ3v) is 2.93. The van der Waals surface area contributed by atoms with Crippen molar-refractivity contribution >= 4 is 0 Å². The molecule has 0 radical (unpaired) electrons. The van der Waals surface area contributed by atoms with Crippen molar-refractivity contribution in [1.82, 2.24) is 4.90 Å². The fraction of sp³-hybridized carbons (Fsp3) is 1.00. The predicted molar refractivity (Wildman–Crippen MR) is 67.7 cm³/mol. The van der Waals surface area contributed by atoms with E-state index >= 15 is 0 Å². The molecule has 2 N–H and O–H groups in total. The van der Waals surface area contributed by atoms with Crippen LogP contribution in [0.3, 0.4) is 0 Å². The topological polar surface area (TPSA) is 47.7 Å². The molecular formula is C12H28N2O2. The zero-order chi connectivity index (χ0) is 12.4. The first-order valence-electron chi connectivity index (χ1n) is 6.13. The van der Waals surface area contributed by atoms with Gasteiger partial charge in [0.2, 0.25) is 0 Å². The van der Waals surface area contributed by atoms with Gasteiger partial charge in [0, 0.05) is 39.4 Å². The van der Waals surface area contributed by atoms with E-state index in [0.29, 0.717) is 12.1 Å². The van der Waals surface area contributed by atoms with Gasteiger partial charge in [-0.25, -0.2) is 0 Å². The van der Waals surface area contributed by atoms with Crippen LogP contribution in [-0.4, -0.2) is 57.5 Å². The molecule has 0 aliphatic carbocycles. The van der Waals surface area contributed by atoms with Gasteiger partial charge in [-0.1, -0.05) is 6.92 Å². The van der Waals surface area contributed by atoms with E-state index in [1.807, 2.05) is 0 Å².